The minimum absolute atomic E-state index is 0.310. The van der Waals surface area contributed by atoms with E-state index in [-0.39, 0.29) is 5.82 Å². The molecule has 0 radical (unpaired) electrons. The molecule has 0 saturated heterocycles. The maximum Gasteiger partial charge on any atom is 0.201 e. The minimum atomic E-state index is -0.310. The van der Waals surface area contributed by atoms with E-state index in [1.54, 1.807) is 6.07 Å². The Morgan fingerprint density at radius 1 is 1.37 bits per heavy atom. The van der Waals surface area contributed by atoms with Gasteiger partial charge in [-0.3, -0.25) is 4.68 Å². The molecule has 0 bridgehead atoms. The summed E-state index contributed by atoms with van der Waals surface area (Å²) in [5.74, 6) is 0.0681. The highest BCUT2D eigenvalue weighted by molar-refractivity contribution is 5.78. The molecular weight excluding hydrogens is 245 g/mol. The molecule has 0 amide bonds. The molecule has 2 aromatic heterocycles. The van der Waals surface area contributed by atoms with Gasteiger partial charge in [-0.25, -0.2) is 9.37 Å². The van der Waals surface area contributed by atoms with Gasteiger partial charge in [-0.15, -0.1) is 0 Å². The lowest BCUT2D eigenvalue weighted by molar-refractivity contribution is 0.629. The Labute approximate surface area is 109 Å². The Morgan fingerprint density at radius 2 is 2.16 bits per heavy atom. The number of hydrogen-bond acceptors (Lipinski definition) is 3. The summed E-state index contributed by atoms with van der Waals surface area (Å²) in [5.41, 5.74) is 9.44. The summed E-state index contributed by atoms with van der Waals surface area (Å²) in [6.45, 7) is 2.57. The third-order valence-corrected chi connectivity index (χ3v) is 3.41. The number of benzene rings is 1. The summed E-state index contributed by atoms with van der Waals surface area (Å²) in [6.07, 6.45) is 1.81. The zero-order valence-corrected chi connectivity index (χ0v) is 10.8. The van der Waals surface area contributed by atoms with Crippen LogP contribution in [0.15, 0.2) is 24.4 Å². The van der Waals surface area contributed by atoms with Gasteiger partial charge in [0.2, 0.25) is 5.95 Å². The van der Waals surface area contributed by atoms with Gasteiger partial charge in [-0.2, -0.15) is 5.10 Å². The van der Waals surface area contributed by atoms with Crippen molar-refractivity contribution in [1.82, 2.24) is 19.3 Å². The molecule has 0 atom stereocenters. The zero-order chi connectivity index (χ0) is 13.6. The van der Waals surface area contributed by atoms with E-state index in [1.807, 2.05) is 29.4 Å². The molecule has 6 heteroatoms. The summed E-state index contributed by atoms with van der Waals surface area (Å²) in [6, 6.07) is 4.49. The molecule has 2 heterocycles. The summed E-state index contributed by atoms with van der Waals surface area (Å²) < 4.78 is 16.8. The molecule has 0 unspecified atom stereocenters. The number of imidazole rings is 1. The summed E-state index contributed by atoms with van der Waals surface area (Å²) >= 11 is 0. The van der Waals surface area contributed by atoms with Crippen molar-refractivity contribution in [3.8, 4) is 0 Å². The Hall–Kier alpha value is -2.37. The Morgan fingerprint density at radius 3 is 2.84 bits per heavy atom. The van der Waals surface area contributed by atoms with E-state index < -0.39 is 0 Å². The summed E-state index contributed by atoms with van der Waals surface area (Å²) in [7, 11) is 1.89. The van der Waals surface area contributed by atoms with Gasteiger partial charge in [0.25, 0.3) is 0 Å². The van der Waals surface area contributed by atoms with Gasteiger partial charge in [0.05, 0.1) is 23.8 Å². The van der Waals surface area contributed by atoms with Crippen molar-refractivity contribution in [1.29, 1.82) is 0 Å². The second-order valence-electron chi connectivity index (χ2n) is 4.57. The lowest BCUT2D eigenvalue weighted by Crippen LogP contribution is -2.05. The fourth-order valence-corrected chi connectivity index (χ4v) is 2.16. The quantitative estimate of drug-likeness (QED) is 0.764. The van der Waals surface area contributed by atoms with E-state index in [1.165, 1.54) is 12.1 Å². The molecule has 0 aliphatic carbocycles. The van der Waals surface area contributed by atoms with Gasteiger partial charge in [0.1, 0.15) is 5.82 Å². The van der Waals surface area contributed by atoms with E-state index in [9.17, 15) is 4.39 Å². The number of halogens is 1. The minimum Gasteiger partial charge on any atom is -0.369 e. The summed E-state index contributed by atoms with van der Waals surface area (Å²) in [5, 5.41) is 4.20. The fourth-order valence-electron chi connectivity index (χ4n) is 2.16. The number of nitrogens with two attached hydrogens (primary N) is 1. The summed E-state index contributed by atoms with van der Waals surface area (Å²) in [4.78, 5) is 4.18. The van der Waals surface area contributed by atoms with E-state index >= 15 is 0 Å². The van der Waals surface area contributed by atoms with Crippen molar-refractivity contribution in [2.24, 2.45) is 7.05 Å². The lowest BCUT2D eigenvalue weighted by Gasteiger charge is -2.06. The van der Waals surface area contributed by atoms with Crippen LogP contribution in [0.3, 0.4) is 0 Å². The first-order chi connectivity index (χ1) is 9.06. The average molecular weight is 259 g/mol. The monoisotopic (exact) mass is 259 g/mol. The molecule has 5 nitrogen and oxygen atoms in total. The van der Waals surface area contributed by atoms with Gasteiger partial charge in [-0.1, -0.05) is 0 Å². The second-order valence-corrected chi connectivity index (χ2v) is 4.57. The fraction of sp³-hybridized carbons (Fsp3) is 0.231. The molecule has 0 spiro atoms. The van der Waals surface area contributed by atoms with Crippen molar-refractivity contribution in [2.75, 3.05) is 5.73 Å². The molecule has 19 heavy (non-hydrogen) atoms. The lowest BCUT2D eigenvalue weighted by atomic mass is 10.2. The smallest absolute Gasteiger partial charge is 0.201 e. The largest absolute Gasteiger partial charge is 0.369 e. The van der Waals surface area contributed by atoms with Crippen LogP contribution in [0.25, 0.3) is 11.0 Å². The Balaban J connectivity index is 2.10. The van der Waals surface area contributed by atoms with E-state index in [0.717, 1.165) is 16.8 Å². The third-order valence-electron chi connectivity index (χ3n) is 3.41. The number of nitrogen functional groups attached to an aromatic ring is 1. The molecule has 0 aliphatic heterocycles. The Kier molecular flexibility index (Phi) is 2.51. The highest BCUT2D eigenvalue weighted by atomic mass is 19.1. The Bertz CT molecular complexity index is 756. The van der Waals surface area contributed by atoms with Crippen LogP contribution in [0.2, 0.25) is 0 Å². The van der Waals surface area contributed by atoms with Crippen molar-refractivity contribution < 1.29 is 4.39 Å². The van der Waals surface area contributed by atoms with Gasteiger partial charge in [0, 0.05) is 24.4 Å². The molecule has 1 aromatic carbocycles. The van der Waals surface area contributed by atoms with Crippen LogP contribution in [0.4, 0.5) is 10.3 Å². The average Bonchev–Trinajstić information content (AvgIpc) is 2.84. The molecule has 0 fully saturated rings. The van der Waals surface area contributed by atoms with Gasteiger partial charge in [0.15, 0.2) is 0 Å². The standard InChI is InChI=1S/C13H14FN5/c1-8-9(6-16-18(8)2)7-19-12-4-3-10(14)5-11(12)17-13(19)15/h3-6H,7H2,1-2H3,(H2,15,17). The number of aromatic nitrogens is 4. The number of rotatable bonds is 2. The van der Waals surface area contributed by atoms with Gasteiger partial charge < -0.3 is 10.3 Å². The van der Waals surface area contributed by atoms with Crippen molar-refractivity contribution >= 4 is 17.0 Å². The van der Waals surface area contributed by atoms with Crippen molar-refractivity contribution in [3.05, 3.63) is 41.5 Å². The molecular formula is C13H14FN5. The van der Waals surface area contributed by atoms with Crippen molar-refractivity contribution in [3.63, 3.8) is 0 Å². The zero-order valence-electron chi connectivity index (χ0n) is 10.8. The topological polar surface area (TPSA) is 61.7 Å². The SMILES string of the molecule is Cc1c(Cn2c(N)nc3cc(F)ccc32)cnn1C. The van der Waals surface area contributed by atoms with Gasteiger partial charge in [-0.05, 0) is 19.1 Å². The first kappa shape index (κ1) is 11.7. The molecule has 0 aliphatic rings. The van der Waals surface area contributed by atoms with Crippen LogP contribution in [0, 0.1) is 12.7 Å². The highest BCUT2D eigenvalue weighted by Crippen LogP contribution is 2.21. The normalized spacial score (nSPS) is 11.3. The molecule has 98 valence electrons. The predicted molar refractivity (Wildman–Crippen MR) is 71.2 cm³/mol. The van der Waals surface area contributed by atoms with Crippen LogP contribution in [-0.4, -0.2) is 19.3 Å². The van der Waals surface area contributed by atoms with Crippen LogP contribution >= 0.6 is 0 Å². The molecule has 3 rings (SSSR count). The van der Waals surface area contributed by atoms with Crippen LogP contribution < -0.4 is 5.73 Å². The van der Waals surface area contributed by atoms with E-state index in [4.69, 9.17) is 5.73 Å². The number of hydrogen-bond donors (Lipinski definition) is 1. The van der Waals surface area contributed by atoms with Gasteiger partial charge >= 0.3 is 0 Å². The number of aryl methyl sites for hydroxylation is 1. The number of fused-ring (bicyclic) bond motifs is 1. The number of anilines is 1. The molecule has 3 aromatic rings. The number of nitrogens with zero attached hydrogens (tertiary/aromatic N) is 4. The van der Waals surface area contributed by atoms with E-state index in [0.29, 0.717) is 18.0 Å². The first-order valence-electron chi connectivity index (χ1n) is 5.95. The molecule has 0 saturated carbocycles. The maximum absolute atomic E-state index is 13.2. The second kappa shape index (κ2) is 4.08. The van der Waals surface area contributed by atoms with Crippen LogP contribution in [0.1, 0.15) is 11.3 Å². The van der Waals surface area contributed by atoms with Crippen LogP contribution in [-0.2, 0) is 13.6 Å². The maximum atomic E-state index is 13.2. The third kappa shape index (κ3) is 1.85. The predicted octanol–water partition coefficient (Wildman–Crippen LogP) is 1.85. The molecule has 2 N–H and O–H groups in total. The van der Waals surface area contributed by atoms with Crippen molar-refractivity contribution in [2.45, 2.75) is 13.5 Å². The van der Waals surface area contributed by atoms with E-state index in [2.05, 4.69) is 10.1 Å². The van der Waals surface area contributed by atoms with Crippen LogP contribution in [0.5, 0.6) is 0 Å². The highest BCUT2D eigenvalue weighted by Gasteiger charge is 2.12. The first-order valence-corrected chi connectivity index (χ1v) is 5.95.